The molecule has 0 bridgehead atoms. The Bertz CT molecular complexity index is 1250. The maximum absolute atomic E-state index is 13.4. The lowest BCUT2D eigenvalue weighted by molar-refractivity contribution is 0.0603. The highest BCUT2D eigenvalue weighted by atomic mass is 32.1. The number of hydrogen-bond acceptors (Lipinski definition) is 7. The zero-order valence-corrected chi connectivity index (χ0v) is 22.6. The molecule has 0 saturated heterocycles. The number of anilines is 1. The topological polar surface area (TPSA) is 83.1 Å². The zero-order valence-electron chi connectivity index (χ0n) is 21.8. The molecule has 2 aromatic carbocycles. The van der Waals surface area contributed by atoms with Crippen molar-refractivity contribution in [3.05, 3.63) is 58.0 Å². The van der Waals surface area contributed by atoms with Crippen molar-refractivity contribution in [2.75, 3.05) is 32.2 Å². The fraction of sp³-hybridized carbons (Fsp3) is 0.379. The Morgan fingerprint density at radius 3 is 2.16 bits per heavy atom. The minimum atomic E-state index is -0.499. The van der Waals surface area contributed by atoms with Gasteiger partial charge in [0.15, 0.2) is 11.5 Å². The molecule has 37 heavy (non-hydrogen) atoms. The van der Waals surface area contributed by atoms with Crippen LogP contribution in [0.4, 0.5) is 5.00 Å². The van der Waals surface area contributed by atoms with Gasteiger partial charge in [-0.25, -0.2) is 4.79 Å². The molecule has 7 nitrogen and oxygen atoms in total. The first-order valence-electron chi connectivity index (χ1n) is 12.7. The second kappa shape index (κ2) is 12.1. The fourth-order valence-electron chi connectivity index (χ4n) is 4.56. The van der Waals surface area contributed by atoms with Crippen LogP contribution >= 0.6 is 11.3 Å². The van der Waals surface area contributed by atoms with Crippen LogP contribution in [0.25, 0.3) is 11.1 Å². The number of thiophene rings is 1. The van der Waals surface area contributed by atoms with E-state index in [2.05, 4.69) is 17.4 Å². The normalized spacial score (nSPS) is 12.4. The van der Waals surface area contributed by atoms with E-state index in [0.29, 0.717) is 53.2 Å². The van der Waals surface area contributed by atoms with Gasteiger partial charge in [0.2, 0.25) is 5.75 Å². The smallest absolute Gasteiger partial charge is 0.341 e. The summed E-state index contributed by atoms with van der Waals surface area (Å²) >= 11 is 1.30. The summed E-state index contributed by atoms with van der Waals surface area (Å²) in [5.41, 5.74) is 5.04. The maximum Gasteiger partial charge on any atom is 0.341 e. The van der Waals surface area contributed by atoms with E-state index in [1.54, 1.807) is 12.1 Å². The molecule has 1 amide bonds. The van der Waals surface area contributed by atoms with Crippen molar-refractivity contribution < 1.29 is 28.5 Å². The molecule has 196 valence electrons. The molecule has 3 aromatic rings. The first-order chi connectivity index (χ1) is 18.0. The van der Waals surface area contributed by atoms with Crippen molar-refractivity contribution in [1.82, 2.24) is 0 Å². The molecule has 1 aliphatic carbocycles. The Morgan fingerprint density at radius 1 is 0.892 bits per heavy atom. The molecular weight excluding hydrogens is 490 g/mol. The van der Waals surface area contributed by atoms with Crippen LogP contribution in [0, 0.1) is 0 Å². The highest BCUT2D eigenvalue weighted by Crippen LogP contribution is 2.41. The number of carbonyl (C=O) groups is 2. The summed E-state index contributed by atoms with van der Waals surface area (Å²) in [6.07, 6.45) is 4.49. The standard InChI is InChI=1S/C29H33NO6S/c1-5-34-23-15-21(16-24(35-6-2)26(23)36-7-3)27(31)30-28-25(29(32)33-4)22(17-37-28)20-13-12-18-10-8-9-11-19(18)14-20/h12-17H,5-11H2,1-4H3,(H,30,31). The number of nitrogens with one attached hydrogen (secondary N) is 1. The minimum absolute atomic E-state index is 0.329. The average molecular weight is 524 g/mol. The van der Waals surface area contributed by atoms with Gasteiger partial charge in [0.1, 0.15) is 10.6 Å². The van der Waals surface area contributed by atoms with E-state index < -0.39 is 11.9 Å². The molecule has 0 radical (unpaired) electrons. The number of benzene rings is 2. The third kappa shape index (κ3) is 5.74. The van der Waals surface area contributed by atoms with E-state index >= 15 is 0 Å². The van der Waals surface area contributed by atoms with Crippen molar-refractivity contribution in [2.45, 2.75) is 46.5 Å². The summed E-state index contributed by atoms with van der Waals surface area (Å²) in [4.78, 5) is 26.3. The van der Waals surface area contributed by atoms with E-state index in [9.17, 15) is 9.59 Å². The summed E-state index contributed by atoms with van der Waals surface area (Å²) in [5.74, 6) is 0.419. The number of hydrogen-bond donors (Lipinski definition) is 1. The number of fused-ring (bicyclic) bond motifs is 1. The zero-order chi connectivity index (χ0) is 26.4. The molecule has 1 heterocycles. The maximum atomic E-state index is 13.4. The molecule has 0 fully saturated rings. The van der Waals surface area contributed by atoms with E-state index in [0.717, 1.165) is 24.0 Å². The Hall–Kier alpha value is -3.52. The molecular formula is C29H33NO6S. The van der Waals surface area contributed by atoms with Gasteiger partial charge in [-0.15, -0.1) is 11.3 Å². The van der Waals surface area contributed by atoms with Crippen molar-refractivity contribution in [3.8, 4) is 28.4 Å². The highest BCUT2D eigenvalue weighted by molar-refractivity contribution is 7.15. The number of aryl methyl sites for hydroxylation is 2. The molecule has 0 spiro atoms. The van der Waals surface area contributed by atoms with E-state index in [4.69, 9.17) is 18.9 Å². The third-order valence-corrected chi connectivity index (χ3v) is 7.13. The van der Waals surface area contributed by atoms with Crippen molar-refractivity contribution in [1.29, 1.82) is 0 Å². The van der Waals surface area contributed by atoms with Crippen molar-refractivity contribution in [3.63, 3.8) is 0 Å². The largest absolute Gasteiger partial charge is 0.490 e. The van der Waals surface area contributed by atoms with Gasteiger partial charge < -0.3 is 24.3 Å². The van der Waals surface area contributed by atoms with Crippen molar-refractivity contribution >= 4 is 28.2 Å². The lowest BCUT2D eigenvalue weighted by Gasteiger charge is -2.17. The van der Waals surface area contributed by atoms with E-state index in [1.165, 1.54) is 42.4 Å². The second-order valence-electron chi connectivity index (χ2n) is 8.59. The second-order valence-corrected chi connectivity index (χ2v) is 9.47. The molecule has 4 rings (SSSR count). The van der Waals surface area contributed by atoms with Crippen LogP contribution in [0.5, 0.6) is 17.2 Å². The number of methoxy groups -OCH3 is 1. The molecule has 8 heteroatoms. The summed E-state index contributed by atoms with van der Waals surface area (Å²) in [5, 5.41) is 5.23. The third-order valence-electron chi connectivity index (χ3n) is 6.24. The van der Waals surface area contributed by atoms with Crippen LogP contribution < -0.4 is 19.5 Å². The lowest BCUT2D eigenvalue weighted by atomic mass is 9.89. The molecule has 1 aliphatic rings. The molecule has 0 aliphatic heterocycles. The predicted octanol–water partition coefficient (Wildman–Crippen LogP) is 6.53. The number of esters is 1. The number of carbonyl (C=O) groups excluding carboxylic acids is 2. The molecule has 0 unspecified atom stereocenters. The Morgan fingerprint density at radius 2 is 1.54 bits per heavy atom. The van der Waals surface area contributed by atoms with Crippen molar-refractivity contribution in [2.24, 2.45) is 0 Å². The van der Waals surface area contributed by atoms with Crippen LogP contribution in [0.15, 0.2) is 35.7 Å². The Labute approximate surface area is 221 Å². The van der Waals surface area contributed by atoms with Crippen LogP contribution in [0.2, 0.25) is 0 Å². The van der Waals surface area contributed by atoms with Gasteiger partial charge in [0.05, 0.1) is 26.9 Å². The Kier molecular flexibility index (Phi) is 8.71. The van der Waals surface area contributed by atoms with Gasteiger partial charge >= 0.3 is 5.97 Å². The van der Waals surface area contributed by atoms with Gasteiger partial charge in [0, 0.05) is 16.5 Å². The number of rotatable bonds is 10. The van der Waals surface area contributed by atoms with Gasteiger partial charge in [-0.1, -0.05) is 18.2 Å². The number of amides is 1. The number of ether oxygens (including phenoxy) is 4. The van der Waals surface area contributed by atoms with Gasteiger partial charge in [0.25, 0.3) is 5.91 Å². The highest BCUT2D eigenvalue weighted by Gasteiger charge is 2.25. The average Bonchev–Trinajstić information content (AvgIpc) is 3.33. The minimum Gasteiger partial charge on any atom is -0.490 e. The summed E-state index contributed by atoms with van der Waals surface area (Å²) in [6.45, 7) is 6.82. The lowest BCUT2D eigenvalue weighted by Crippen LogP contribution is -2.15. The molecule has 0 atom stereocenters. The summed E-state index contributed by atoms with van der Waals surface area (Å²) < 4.78 is 22.3. The van der Waals surface area contributed by atoms with Gasteiger partial charge in [-0.2, -0.15) is 0 Å². The van der Waals surface area contributed by atoms with Crippen LogP contribution in [-0.2, 0) is 17.6 Å². The summed E-state index contributed by atoms with van der Waals surface area (Å²) in [7, 11) is 1.34. The van der Waals surface area contributed by atoms with Crippen LogP contribution in [-0.4, -0.2) is 38.8 Å². The monoisotopic (exact) mass is 523 g/mol. The quantitative estimate of drug-likeness (QED) is 0.304. The first kappa shape index (κ1) is 26.5. The molecule has 1 aromatic heterocycles. The SMILES string of the molecule is CCOc1cc(C(=O)Nc2scc(-c3ccc4c(c3)CCCC4)c2C(=O)OC)cc(OCC)c1OCC. The first-order valence-corrected chi connectivity index (χ1v) is 13.6. The summed E-state index contributed by atoms with van der Waals surface area (Å²) in [6, 6.07) is 9.60. The van der Waals surface area contributed by atoms with Crippen LogP contribution in [0.1, 0.15) is 65.5 Å². The van der Waals surface area contributed by atoms with Gasteiger partial charge in [-0.05, 0) is 75.3 Å². The van der Waals surface area contributed by atoms with E-state index in [1.807, 2.05) is 32.2 Å². The van der Waals surface area contributed by atoms with Gasteiger partial charge in [-0.3, -0.25) is 4.79 Å². The Balaban J connectivity index is 1.70. The molecule has 0 saturated carbocycles. The fourth-order valence-corrected chi connectivity index (χ4v) is 5.52. The van der Waals surface area contributed by atoms with E-state index in [-0.39, 0.29) is 0 Å². The molecule has 1 N–H and O–H groups in total. The van der Waals surface area contributed by atoms with Crippen LogP contribution in [0.3, 0.4) is 0 Å². The predicted molar refractivity (Wildman–Crippen MR) is 146 cm³/mol.